The van der Waals surface area contributed by atoms with E-state index >= 15 is 0 Å². The summed E-state index contributed by atoms with van der Waals surface area (Å²) >= 11 is 0. The summed E-state index contributed by atoms with van der Waals surface area (Å²) in [7, 11) is -3.67. The van der Waals surface area contributed by atoms with Crippen LogP contribution in [0, 0.1) is 6.92 Å². The fraction of sp³-hybridized carbons (Fsp3) is 0.231. The van der Waals surface area contributed by atoms with E-state index in [2.05, 4.69) is 5.32 Å². The highest BCUT2D eigenvalue weighted by Crippen LogP contribution is 2.27. The summed E-state index contributed by atoms with van der Waals surface area (Å²) < 4.78 is 36.2. The maximum absolute atomic E-state index is 13.1. The Labute approximate surface area is 199 Å². The normalized spacial score (nSPS) is 11.9. The van der Waals surface area contributed by atoms with E-state index in [0.29, 0.717) is 23.6 Å². The average Bonchev–Trinajstić information content (AvgIpc) is 2.83. The van der Waals surface area contributed by atoms with Crippen LogP contribution in [0.5, 0.6) is 5.75 Å². The number of hydrogen-bond donors (Lipinski definition) is 1. The molecule has 0 saturated heterocycles. The Bertz CT molecular complexity index is 1220. The van der Waals surface area contributed by atoms with E-state index in [0.717, 1.165) is 5.56 Å². The van der Waals surface area contributed by atoms with Gasteiger partial charge in [-0.05, 0) is 38.1 Å². The Hall–Kier alpha value is -3.65. The lowest BCUT2D eigenvalue weighted by Gasteiger charge is -2.19. The van der Waals surface area contributed by atoms with Crippen LogP contribution in [0.2, 0.25) is 0 Å². The molecule has 0 saturated carbocycles. The molecule has 1 N–H and O–H groups in total. The minimum Gasteiger partial charge on any atom is -0.492 e. The highest BCUT2D eigenvalue weighted by atomic mass is 32.2. The van der Waals surface area contributed by atoms with Crippen LogP contribution in [0.3, 0.4) is 0 Å². The molecule has 0 bridgehead atoms. The molecule has 0 aromatic heterocycles. The predicted octanol–water partition coefficient (Wildman–Crippen LogP) is 4.48. The fourth-order valence-corrected chi connectivity index (χ4v) is 4.44. The molecule has 0 spiro atoms. The zero-order valence-corrected chi connectivity index (χ0v) is 19.9. The molecule has 0 aliphatic carbocycles. The maximum Gasteiger partial charge on any atom is 0.307 e. The first-order chi connectivity index (χ1) is 16.3. The molecule has 1 amide bonds. The Morgan fingerprint density at radius 1 is 0.912 bits per heavy atom. The molecule has 0 heterocycles. The summed E-state index contributed by atoms with van der Waals surface area (Å²) in [5, 5.41) is 2.74. The first-order valence-corrected chi connectivity index (χ1v) is 12.5. The second-order valence-electron chi connectivity index (χ2n) is 7.58. The molecule has 3 rings (SSSR count). The molecule has 8 heteroatoms. The number of sulfone groups is 1. The van der Waals surface area contributed by atoms with E-state index in [1.165, 1.54) is 12.1 Å². The number of nitrogens with one attached hydrogen (secondary N) is 1. The lowest BCUT2D eigenvalue weighted by Crippen LogP contribution is -2.27. The molecule has 0 fully saturated rings. The van der Waals surface area contributed by atoms with Gasteiger partial charge in [-0.1, -0.05) is 60.2 Å². The summed E-state index contributed by atoms with van der Waals surface area (Å²) in [4.78, 5) is 25.8. The van der Waals surface area contributed by atoms with Crippen molar-refractivity contribution < 1.29 is 27.5 Å². The van der Waals surface area contributed by atoms with Crippen LogP contribution >= 0.6 is 0 Å². The highest BCUT2D eigenvalue weighted by Gasteiger charge is 2.27. The molecule has 0 aliphatic heterocycles. The third kappa shape index (κ3) is 6.68. The molecule has 7 nitrogen and oxygen atoms in total. The first-order valence-electron chi connectivity index (χ1n) is 10.9. The van der Waals surface area contributed by atoms with Crippen molar-refractivity contribution >= 4 is 27.4 Å². The van der Waals surface area contributed by atoms with E-state index in [1.54, 1.807) is 66.7 Å². The van der Waals surface area contributed by atoms with Gasteiger partial charge in [0, 0.05) is 5.56 Å². The van der Waals surface area contributed by atoms with Crippen molar-refractivity contribution in [1.29, 1.82) is 0 Å². The molecule has 3 aromatic rings. The van der Waals surface area contributed by atoms with E-state index in [-0.39, 0.29) is 11.3 Å². The van der Waals surface area contributed by atoms with Crippen LogP contribution < -0.4 is 10.1 Å². The van der Waals surface area contributed by atoms with Crippen LogP contribution in [0.15, 0.2) is 83.8 Å². The van der Waals surface area contributed by atoms with Gasteiger partial charge in [0.1, 0.15) is 5.75 Å². The Balaban J connectivity index is 1.73. The molecular formula is C26H27NO6S. The number of esters is 1. The molecule has 1 atom stereocenters. The molecule has 34 heavy (non-hydrogen) atoms. The number of anilines is 1. The van der Waals surface area contributed by atoms with Crippen LogP contribution in [0.25, 0.3) is 0 Å². The zero-order chi connectivity index (χ0) is 24.6. The Morgan fingerprint density at radius 2 is 1.56 bits per heavy atom. The Kier molecular flexibility index (Phi) is 8.43. The van der Waals surface area contributed by atoms with E-state index in [9.17, 15) is 18.0 Å². The van der Waals surface area contributed by atoms with Crippen molar-refractivity contribution in [3.05, 3.63) is 90.0 Å². The monoisotopic (exact) mass is 481 g/mol. The van der Waals surface area contributed by atoms with Gasteiger partial charge in [0.2, 0.25) is 6.10 Å². The maximum atomic E-state index is 13.1. The third-order valence-corrected chi connectivity index (χ3v) is 6.72. The van der Waals surface area contributed by atoms with E-state index in [1.807, 2.05) is 13.8 Å². The second kappa shape index (κ2) is 11.5. The minimum absolute atomic E-state index is 0.135. The zero-order valence-electron chi connectivity index (χ0n) is 19.1. The summed E-state index contributed by atoms with van der Waals surface area (Å²) in [5.41, 5.74) is 1.83. The predicted molar refractivity (Wildman–Crippen MR) is 129 cm³/mol. The van der Waals surface area contributed by atoms with Crippen molar-refractivity contribution in [3.63, 3.8) is 0 Å². The smallest absolute Gasteiger partial charge is 0.307 e. The second-order valence-corrected chi connectivity index (χ2v) is 9.69. The van der Waals surface area contributed by atoms with Crippen molar-refractivity contribution in [2.75, 3.05) is 17.7 Å². The summed E-state index contributed by atoms with van der Waals surface area (Å²) in [5.74, 6) is -1.31. The van der Waals surface area contributed by atoms with E-state index < -0.39 is 33.6 Å². The SMILES string of the molecule is CCOc1ccccc1NC(=O)C(OC(=O)CCS(=O)(=O)c1ccc(C)cc1)c1ccccc1. The van der Waals surface area contributed by atoms with Gasteiger partial charge in [-0.25, -0.2) is 8.42 Å². The summed E-state index contributed by atoms with van der Waals surface area (Å²) in [6.07, 6.45) is -1.65. The standard InChI is InChI=1S/C26H27NO6S/c1-3-32-23-12-8-7-11-22(23)27-26(29)25(20-9-5-4-6-10-20)33-24(28)17-18-34(30,31)21-15-13-19(2)14-16-21/h4-16,25H,3,17-18H2,1-2H3,(H,27,29). The lowest BCUT2D eigenvalue weighted by atomic mass is 10.1. The Morgan fingerprint density at radius 3 is 2.24 bits per heavy atom. The first kappa shape index (κ1) is 25.0. The summed E-state index contributed by atoms with van der Waals surface area (Å²) in [6.45, 7) is 4.10. The van der Waals surface area contributed by atoms with Crippen molar-refractivity contribution in [2.45, 2.75) is 31.3 Å². The van der Waals surface area contributed by atoms with Gasteiger partial charge in [-0.15, -0.1) is 0 Å². The quantitative estimate of drug-likeness (QED) is 0.429. The van der Waals surface area contributed by atoms with Crippen LogP contribution in [-0.2, 0) is 24.2 Å². The molecule has 3 aromatic carbocycles. The van der Waals surface area contributed by atoms with Crippen LogP contribution in [-0.4, -0.2) is 32.7 Å². The molecule has 178 valence electrons. The number of carbonyl (C=O) groups excluding carboxylic acids is 2. The fourth-order valence-electron chi connectivity index (χ4n) is 3.22. The van der Waals surface area contributed by atoms with Crippen molar-refractivity contribution in [2.24, 2.45) is 0 Å². The molecule has 0 aliphatic rings. The number of ether oxygens (including phenoxy) is 2. The molecular weight excluding hydrogens is 454 g/mol. The number of benzene rings is 3. The van der Waals surface area contributed by atoms with Gasteiger partial charge in [0.05, 0.1) is 29.4 Å². The third-order valence-electron chi connectivity index (χ3n) is 4.99. The average molecular weight is 482 g/mol. The van der Waals surface area contributed by atoms with Gasteiger partial charge < -0.3 is 14.8 Å². The summed E-state index contributed by atoms with van der Waals surface area (Å²) in [6, 6.07) is 21.9. The van der Waals surface area contributed by atoms with Gasteiger partial charge in [-0.3, -0.25) is 9.59 Å². The van der Waals surface area contributed by atoms with Gasteiger partial charge in [0.15, 0.2) is 9.84 Å². The molecule has 1 unspecified atom stereocenters. The minimum atomic E-state index is -3.67. The number of amides is 1. The molecule has 0 radical (unpaired) electrons. The van der Waals surface area contributed by atoms with Crippen LogP contribution in [0.4, 0.5) is 5.69 Å². The van der Waals surface area contributed by atoms with Gasteiger partial charge in [0.25, 0.3) is 5.91 Å². The lowest BCUT2D eigenvalue weighted by molar-refractivity contribution is -0.154. The van der Waals surface area contributed by atoms with Gasteiger partial charge in [-0.2, -0.15) is 0 Å². The van der Waals surface area contributed by atoms with E-state index in [4.69, 9.17) is 9.47 Å². The highest BCUT2D eigenvalue weighted by molar-refractivity contribution is 7.91. The number of aryl methyl sites for hydroxylation is 1. The van der Waals surface area contributed by atoms with Gasteiger partial charge >= 0.3 is 5.97 Å². The van der Waals surface area contributed by atoms with Crippen molar-refractivity contribution in [3.8, 4) is 5.75 Å². The van der Waals surface area contributed by atoms with Crippen LogP contribution in [0.1, 0.15) is 30.6 Å². The largest absolute Gasteiger partial charge is 0.492 e. The van der Waals surface area contributed by atoms with Crippen molar-refractivity contribution in [1.82, 2.24) is 0 Å². The number of para-hydroxylation sites is 2. The number of rotatable bonds is 10. The topological polar surface area (TPSA) is 98.8 Å². The number of hydrogen-bond acceptors (Lipinski definition) is 6. The number of carbonyl (C=O) groups is 2.